The third-order valence-electron chi connectivity index (χ3n) is 3.54. The Balaban J connectivity index is 2.33. The zero-order chi connectivity index (χ0) is 14.0. The first-order valence-electron chi connectivity index (χ1n) is 6.58. The Morgan fingerprint density at radius 3 is 2.84 bits per heavy atom. The molecule has 1 aliphatic heterocycles. The van der Waals surface area contributed by atoms with Gasteiger partial charge in [-0.3, -0.25) is 0 Å². The topological polar surface area (TPSA) is 53.5 Å². The van der Waals surface area contributed by atoms with E-state index in [1.54, 1.807) is 17.4 Å². The molecular formula is C13H21N3O2S. The van der Waals surface area contributed by atoms with Crippen LogP contribution in [-0.4, -0.2) is 44.1 Å². The average molecular weight is 283 g/mol. The molecule has 6 heteroatoms. The van der Waals surface area contributed by atoms with Gasteiger partial charge in [-0.05, 0) is 37.5 Å². The second kappa shape index (κ2) is 5.46. The molecule has 1 fully saturated rings. The van der Waals surface area contributed by atoms with Gasteiger partial charge >= 0.3 is 0 Å². The number of anilines is 1. The summed E-state index contributed by atoms with van der Waals surface area (Å²) in [5.74, 6) is 1.02. The molecule has 1 aliphatic rings. The molecule has 1 atom stereocenters. The van der Waals surface area contributed by atoms with Gasteiger partial charge in [0, 0.05) is 32.9 Å². The molecule has 0 N–H and O–H groups in total. The summed E-state index contributed by atoms with van der Waals surface area (Å²) < 4.78 is 25.8. The van der Waals surface area contributed by atoms with E-state index in [-0.39, 0.29) is 11.8 Å². The van der Waals surface area contributed by atoms with Gasteiger partial charge in [-0.15, -0.1) is 0 Å². The molecule has 0 unspecified atom stereocenters. The van der Waals surface area contributed by atoms with E-state index >= 15 is 0 Å². The van der Waals surface area contributed by atoms with Crippen LogP contribution in [0.3, 0.4) is 0 Å². The molecule has 2 rings (SSSR count). The number of rotatable bonds is 4. The predicted molar refractivity (Wildman–Crippen MR) is 76.7 cm³/mol. The second-order valence-corrected chi connectivity index (χ2v) is 7.22. The fourth-order valence-electron chi connectivity index (χ4n) is 2.46. The van der Waals surface area contributed by atoms with E-state index in [1.165, 1.54) is 0 Å². The molecule has 0 saturated carbocycles. The summed E-state index contributed by atoms with van der Waals surface area (Å²) in [4.78, 5) is 6.20. The van der Waals surface area contributed by atoms with Crippen LogP contribution in [-0.2, 0) is 10.0 Å². The smallest absolute Gasteiger partial charge is 0.214 e. The van der Waals surface area contributed by atoms with Gasteiger partial charge in [-0.2, -0.15) is 4.31 Å². The first kappa shape index (κ1) is 14.3. The fraction of sp³-hybridized carbons (Fsp3) is 0.615. The van der Waals surface area contributed by atoms with Gasteiger partial charge in [-0.25, -0.2) is 13.4 Å². The van der Waals surface area contributed by atoms with Crippen molar-refractivity contribution in [3.8, 4) is 0 Å². The van der Waals surface area contributed by atoms with E-state index in [0.717, 1.165) is 24.2 Å². The lowest BCUT2D eigenvalue weighted by molar-refractivity contribution is 0.397. The third kappa shape index (κ3) is 2.90. The van der Waals surface area contributed by atoms with E-state index in [4.69, 9.17) is 0 Å². The molecule has 0 aromatic carbocycles. The first-order chi connectivity index (χ1) is 8.95. The molecule has 2 heterocycles. The van der Waals surface area contributed by atoms with Crippen LogP contribution in [0, 0.1) is 0 Å². The Bertz CT molecular complexity index is 543. The highest BCUT2D eigenvalue weighted by Crippen LogP contribution is 2.34. The number of hydrogen-bond donors (Lipinski definition) is 0. The van der Waals surface area contributed by atoms with Gasteiger partial charge in [0.05, 0.1) is 5.75 Å². The van der Waals surface area contributed by atoms with E-state index in [9.17, 15) is 8.42 Å². The van der Waals surface area contributed by atoms with Crippen LogP contribution in [0.15, 0.2) is 18.3 Å². The summed E-state index contributed by atoms with van der Waals surface area (Å²) in [6.45, 7) is 2.32. The van der Waals surface area contributed by atoms with Gasteiger partial charge in [-0.1, -0.05) is 0 Å². The molecule has 0 bridgehead atoms. The molecule has 19 heavy (non-hydrogen) atoms. The van der Waals surface area contributed by atoms with Crippen molar-refractivity contribution in [3.63, 3.8) is 0 Å². The number of hydrogen-bond acceptors (Lipinski definition) is 4. The second-order valence-electron chi connectivity index (χ2n) is 5.01. The average Bonchev–Trinajstić information content (AvgIpc) is 2.89. The largest absolute Gasteiger partial charge is 0.363 e. The van der Waals surface area contributed by atoms with E-state index in [0.29, 0.717) is 6.54 Å². The highest BCUT2D eigenvalue weighted by atomic mass is 32.2. The maximum atomic E-state index is 12.1. The van der Waals surface area contributed by atoms with Gasteiger partial charge in [0.15, 0.2) is 0 Å². The maximum Gasteiger partial charge on any atom is 0.214 e. The van der Waals surface area contributed by atoms with Gasteiger partial charge < -0.3 is 4.90 Å². The molecule has 1 aromatic rings. The zero-order valence-corrected chi connectivity index (χ0v) is 12.5. The fourth-order valence-corrected chi connectivity index (χ4v) is 3.81. The van der Waals surface area contributed by atoms with Crippen LogP contribution in [0.4, 0.5) is 5.82 Å². The number of nitrogens with zero attached hydrogens (tertiary/aromatic N) is 3. The van der Waals surface area contributed by atoms with Crippen molar-refractivity contribution in [1.29, 1.82) is 0 Å². The van der Waals surface area contributed by atoms with Crippen molar-refractivity contribution in [2.45, 2.75) is 25.8 Å². The highest BCUT2D eigenvalue weighted by Gasteiger charge is 2.34. The quantitative estimate of drug-likeness (QED) is 0.843. The summed E-state index contributed by atoms with van der Waals surface area (Å²) in [7, 11) is 0.735. The van der Waals surface area contributed by atoms with Crippen molar-refractivity contribution in [2.24, 2.45) is 0 Å². The Labute approximate surface area is 115 Å². The summed E-state index contributed by atoms with van der Waals surface area (Å²) in [6.07, 6.45) is 3.55. The SMILES string of the molecule is CCS(=O)(=O)N1CCC[C@@H]1c1ccnc(N(C)C)c1. The molecular weight excluding hydrogens is 262 g/mol. The highest BCUT2D eigenvalue weighted by molar-refractivity contribution is 7.89. The minimum Gasteiger partial charge on any atom is -0.363 e. The Hall–Kier alpha value is -1.14. The normalized spacial score (nSPS) is 20.7. The number of sulfonamides is 1. The molecule has 106 valence electrons. The van der Waals surface area contributed by atoms with Crippen LogP contribution >= 0.6 is 0 Å². The summed E-state index contributed by atoms with van der Waals surface area (Å²) in [6, 6.07) is 3.86. The molecule has 1 aromatic heterocycles. The number of pyridine rings is 1. The van der Waals surface area contributed by atoms with Crippen LogP contribution < -0.4 is 4.90 Å². The van der Waals surface area contributed by atoms with Crippen LogP contribution in [0.1, 0.15) is 31.4 Å². The third-order valence-corrected chi connectivity index (χ3v) is 5.42. The monoisotopic (exact) mass is 283 g/mol. The van der Waals surface area contributed by atoms with Crippen molar-refractivity contribution in [3.05, 3.63) is 23.9 Å². The molecule has 0 radical (unpaired) electrons. The van der Waals surface area contributed by atoms with Crippen LogP contribution in [0.25, 0.3) is 0 Å². The van der Waals surface area contributed by atoms with Crippen molar-refractivity contribution >= 4 is 15.8 Å². The zero-order valence-electron chi connectivity index (χ0n) is 11.7. The minimum absolute atomic E-state index is 0.0355. The minimum atomic E-state index is -3.13. The van der Waals surface area contributed by atoms with Gasteiger partial charge in [0.25, 0.3) is 0 Å². The first-order valence-corrected chi connectivity index (χ1v) is 8.19. The Kier molecular flexibility index (Phi) is 4.10. The molecule has 0 amide bonds. The lowest BCUT2D eigenvalue weighted by Gasteiger charge is -2.24. The van der Waals surface area contributed by atoms with Gasteiger partial charge in [0.2, 0.25) is 10.0 Å². The number of aromatic nitrogens is 1. The van der Waals surface area contributed by atoms with Gasteiger partial charge in [0.1, 0.15) is 5.82 Å². The van der Waals surface area contributed by atoms with Crippen molar-refractivity contribution < 1.29 is 8.42 Å². The van der Waals surface area contributed by atoms with E-state index in [2.05, 4.69) is 4.98 Å². The Morgan fingerprint density at radius 2 is 2.21 bits per heavy atom. The lowest BCUT2D eigenvalue weighted by atomic mass is 10.1. The molecule has 5 nitrogen and oxygen atoms in total. The molecule has 0 spiro atoms. The lowest BCUT2D eigenvalue weighted by Crippen LogP contribution is -2.32. The predicted octanol–water partition coefficient (Wildman–Crippen LogP) is 1.63. The van der Waals surface area contributed by atoms with E-state index in [1.807, 2.05) is 31.1 Å². The molecule has 0 aliphatic carbocycles. The summed E-state index contributed by atoms with van der Waals surface area (Å²) in [5.41, 5.74) is 1.04. The Morgan fingerprint density at radius 1 is 1.47 bits per heavy atom. The standard InChI is InChI=1S/C13H21N3O2S/c1-4-19(17,18)16-9-5-6-12(16)11-7-8-14-13(10-11)15(2)3/h7-8,10,12H,4-6,9H2,1-3H3/t12-/m1/s1. The van der Waals surface area contributed by atoms with Crippen LogP contribution in [0.5, 0.6) is 0 Å². The van der Waals surface area contributed by atoms with Crippen LogP contribution in [0.2, 0.25) is 0 Å². The van der Waals surface area contributed by atoms with Crippen molar-refractivity contribution in [1.82, 2.24) is 9.29 Å². The van der Waals surface area contributed by atoms with E-state index < -0.39 is 10.0 Å². The molecule has 1 saturated heterocycles. The maximum absolute atomic E-state index is 12.1. The van der Waals surface area contributed by atoms with Crippen molar-refractivity contribution in [2.75, 3.05) is 31.3 Å². The summed E-state index contributed by atoms with van der Waals surface area (Å²) in [5, 5.41) is 0. The summed E-state index contributed by atoms with van der Waals surface area (Å²) >= 11 is 0.